The third-order valence-corrected chi connectivity index (χ3v) is 7.90. The summed E-state index contributed by atoms with van der Waals surface area (Å²) >= 11 is 1.82. The van der Waals surface area contributed by atoms with E-state index in [2.05, 4.69) is 38.8 Å². The summed E-state index contributed by atoms with van der Waals surface area (Å²) in [6.45, 7) is 5.76. The van der Waals surface area contributed by atoms with E-state index in [0.29, 0.717) is 19.8 Å². The van der Waals surface area contributed by atoms with Crippen LogP contribution in [0.3, 0.4) is 0 Å². The zero-order chi connectivity index (χ0) is 28.1. The topological polar surface area (TPSA) is 69.5 Å². The van der Waals surface area contributed by atoms with Crippen molar-refractivity contribution in [3.8, 4) is 0 Å². The van der Waals surface area contributed by atoms with Gasteiger partial charge in [-0.1, -0.05) is 108 Å². The van der Waals surface area contributed by atoms with Crippen molar-refractivity contribution in [1.29, 1.82) is 0 Å². The fraction of sp³-hybridized carbons (Fsp3) is 0.281. The van der Waals surface area contributed by atoms with Crippen LogP contribution < -0.4 is 5.32 Å². The minimum absolute atomic E-state index is 0. The Kier molecular flexibility index (Phi) is 15.0. The molecule has 1 aliphatic rings. The maximum atomic E-state index is 13.4. The monoisotopic (exact) mass is 667 g/mol. The number of benzene rings is 3. The molecule has 5 nitrogen and oxygen atoms in total. The van der Waals surface area contributed by atoms with Gasteiger partial charge in [0.05, 0.1) is 13.2 Å². The molecule has 1 aliphatic carbocycles. The summed E-state index contributed by atoms with van der Waals surface area (Å²) in [5, 5.41) is 3.55. The second-order valence-corrected chi connectivity index (χ2v) is 11.1. The summed E-state index contributed by atoms with van der Waals surface area (Å²) < 4.78 is 37.3. The summed E-state index contributed by atoms with van der Waals surface area (Å²) in [6, 6.07) is 25.3. The standard InChI is InChI=1S/C31H35N2O3S.CH3.ClH.Ru/c1-24-13-17-26(18-14-24)23-36-22-21-32-30(27-9-5-3-6-10-27)31(28-11-7-4-8-12-28)33-37(34,35)29-19-15-25(2)16-20-29;;;/h3-13,15-17,19-20,30-32H,14,18,21-23H2,1-2H3;1H3;1H;/q2*-1;;+4/p-1. The van der Waals surface area contributed by atoms with Crippen LogP contribution in [0.1, 0.15) is 48.5 Å². The molecule has 1 N–H and O–H groups in total. The third kappa shape index (κ3) is 10.4. The van der Waals surface area contributed by atoms with Gasteiger partial charge in [-0.2, -0.15) is 0 Å². The Balaban J connectivity index is 0.00000183. The number of halogens is 1. The molecule has 0 aromatic heterocycles. The first-order valence-corrected chi connectivity index (χ1v) is 16.5. The van der Waals surface area contributed by atoms with Crippen LogP contribution >= 0.6 is 9.69 Å². The van der Waals surface area contributed by atoms with E-state index in [1.54, 1.807) is 24.3 Å². The van der Waals surface area contributed by atoms with Crippen LogP contribution in [-0.2, 0) is 32.1 Å². The molecule has 3 aromatic rings. The van der Waals surface area contributed by atoms with E-state index in [9.17, 15) is 8.42 Å². The number of ether oxygens (including phenoxy) is 1. The number of rotatable bonds is 12. The molecule has 0 saturated heterocycles. The van der Waals surface area contributed by atoms with Gasteiger partial charge in [0.25, 0.3) is 0 Å². The molecule has 0 saturated carbocycles. The van der Waals surface area contributed by atoms with Gasteiger partial charge in [-0.15, -0.1) is 0 Å². The average Bonchev–Trinajstić information content (AvgIpc) is 2.97. The average molecular weight is 667 g/mol. The van der Waals surface area contributed by atoms with Crippen LogP contribution in [0.2, 0.25) is 0 Å². The fourth-order valence-electron chi connectivity index (χ4n) is 4.35. The first-order valence-electron chi connectivity index (χ1n) is 12.9. The van der Waals surface area contributed by atoms with E-state index in [1.165, 1.54) is 11.1 Å². The van der Waals surface area contributed by atoms with Crippen molar-refractivity contribution in [3.05, 3.63) is 137 Å². The van der Waals surface area contributed by atoms with E-state index in [0.717, 1.165) is 29.5 Å². The van der Waals surface area contributed by atoms with Gasteiger partial charge in [0, 0.05) is 17.5 Å². The summed E-state index contributed by atoms with van der Waals surface area (Å²) in [5.41, 5.74) is 5.49. The van der Waals surface area contributed by atoms with Crippen LogP contribution in [0, 0.1) is 14.4 Å². The Hall–Kier alpha value is -2.12. The van der Waals surface area contributed by atoms with Crippen molar-refractivity contribution in [2.45, 2.75) is 43.7 Å². The SMILES string of the molecule is CC1=CC=C(COCCNC(c2ccccc2)C([N-]S(=O)(=O)c2ccc(C)cc2)c2ccccc2)CC1.[CH3-].[Cl][Ru+3]. The number of nitrogens with one attached hydrogen (secondary N) is 1. The van der Waals surface area contributed by atoms with Crippen LogP contribution in [-0.4, -0.2) is 28.2 Å². The van der Waals surface area contributed by atoms with E-state index < -0.39 is 16.1 Å². The van der Waals surface area contributed by atoms with Crippen LogP contribution in [0.15, 0.2) is 113 Å². The minimum atomic E-state index is -3.89. The van der Waals surface area contributed by atoms with Crippen molar-refractivity contribution >= 4 is 19.7 Å². The van der Waals surface area contributed by atoms with Gasteiger partial charge in [-0.05, 0) is 50.0 Å². The van der Waals surface area contributed by atoms with Gasteiger partial charge in [0.2, 0.25) is 0 Å². The number of hydrogen-bond acceptors (Lipinski definition) is 4. The Labute approximate surface area is 254 Å². The summed E-state index contributed by atoms with van der Waals surface area (Å²) in [6.07, 6.45) is 6.43. The normalized spacial score (nSPS) is 14.5. The maximum absolute atomic E-state index is 13.4. The van der Waals surface area contributed by atoms with Gasteiger partial charge in [0.1, 0.15) is 10.0 Å². The molecular formula is C32H38ClN2O3RuS+. The molecule has 0 radical (unpaired) electrons. The van der Waals surface area contributed by atoms with Crippen molar-refractivity contribution in [2.75, 3.05) is 19.8 Å². The predicted octanol–water partition coefficient (Wildman–Crippen LogP) is 7.95. The molecule has 0 bridgehead atoms. The van der Waals surface area contributed by atoms with Crippen LogP contribution in [0.5, 0.6) is 0 Å². The Morgan fingerprint density at radius 2 is 1.48 bits per heavy atom. The molecular weight excluding hydrogens is 629 g/mol. The van der Waals surface area contributed by atoms with Crippen molar-refractivity contribution in [2.24, 2.45) is 0 Å². The van der Waals surface area contributed by atoms with E-state index in [1.807, 2.05) is 84.9 Å². The number of sulfonamides is 1. The van der Waals surface area contributed by atoms with E-state index >= 15 is 0 Å². The predicted molar refractivity (Wildman–Crippen MR) is 162 cm³/mol. The zero-order valence-electron chi connectivity index (χ0n) is 23.2. The molecule has 2 unspecified atom stereocenters. The van der Waals surface area contributed by atoms with E-state index in [-0.39, 0.29) is 18.4 Å². The van der Waals surface area contributed by atoms with Crippen molar-refractivity contribution in [3.63, 3.8) is 0 Å². The van der Waals surface area contributed by atoms with Gasteiger partial charge >= 0.3 is 27.0 Å². The molecule has 40 heavy (non-hydrogen) atoms. The quantitative estimate of drug-likeness (QED) is 0.121. The first-order chi connectivity index (χ1) is 18.9. The molecule has 2 atom stereocenters. The summed E-state index contributed by atoms with van der Waals surface area (Å²) in [5.74, 6) is 0. The number of allylic oxidation sites excluding steroid dienone is 3. The van der Waals surface area contributed by atoms with Crippen LogP contribution in [0.25, 0.3) is 4.72 Å². The van der Waals surface area contributed by atoms with Crippen molar-refractivity contribution in [1.82, 2.24) is 5.32 Å². The molecule has 0 fully saturated rings. The molecule has 214 valence electrons. The van der Waals surface area contributed by atoms with Gasteiger partial charge in [-0.25, -0.2) is 8.42 Å². The van der Waals surface area contributed by atoms with Gasteiger partial charge in [-0.3, -0.25) is 0 Å². The Morgan fingerprint density at radius 3 is 2.05 bits per heavy atom. The molecule has 8 heteroatoms. The van der Waals surface area contributed by atoms with Gasteiger partial charge in [0.15, 0.2) is 0 Å². The van der Waals surface area contributed by atoms with Crippen LogP contribution in [0.4, 0.5) is 0 Å². The summed E-state index contributed by atoms with van der Waals surface area (Å²) in [4.78, 5) is 0.194. The second kappa shape index (κ2) is 17.6. The first kappa shape index (κ1) is 34.1. The molecule has 4 rings (SSSR count). The van der Waals surface area contributed by atoms with Crippen molar-refractivity contribution < 1.29 is 30.5 Å². The number of nitrogens with zero attached hydrogens (tertiary/aromatic N) is 1. The second-order valence-electron chi connectivity index (χ2n) is 9.48. The number of aryl methyl sites for hydroxylation is 1. The molecule has 0 aliphatic heterocycles. The third-order valence-electron chi connectivity index (χ3n) is 6.53. The van der Waals surface area contributed by atoms with Gasteiger partial charge < -0.3 is 22.2 Å². The summed E-state index contributed by atoms with van der Waals surface area (Å²) in [7, 11) is 0.678. The molecule has 0 amide bonds. The Bertz CT molecular complexity index is 1320. The fourth-order valence-corrected chi connectivity index (χ4v) is 5.50. The number of hydrogen-bond donors (Lipinski definition) is 1. The Morgan fingerprint density at radius 1 is 0.875 bits per heavy atom. The molecule has 0 spiro atoms. The molecule has 3 aromatic carbocycles. The molecule has 0 heterocycles. The zero-order valence-corrected chi connectivity index (χ0v) is 26.6. The van der Waals surface area contributed by atoms with E-state index in [4.69, 9.17) is 4.74 Å².